The number of nitrogens with one attached hydrogen (secondary N) is 1. The molecule has 2 aliphatic heterocycles. The second kappa shape index (κ2) is 9.12. The normalized spacial score (nSPS) is 16.6. The first-order valence-electron chi connectivity index (χ1n) is 10.9. The number of benzene rings is 2. The van der Waals surface area contributed by atoms with Crippen LogP contribution in [0.5, 0.6) is 17.2 Å². The van der Waals surface area contributed by atoms with E-state index in [0.29, 0.717) is 31.0 Å². The van der Waals surface area contributed by atoms with Gasteiger partial charge in [0, 0.05) is 43.8 Å². The van der Waals surface area contributed by atoms with Crippen molar-refractivity contribution in [3.05, 3.63) is 52.8 Å². The summed E-state index contributed by atoms with van der Waals surface area (Å²) in [6, 6.07) is 7.21. The minimum atomic E-state index is -0.670. The number of hydrogen-bond acceptors (Lipinski definition) is 6. The summed E-state index contributed by atoms with van der Waals surface area (Å²) in [4.78, 5) is 30.5. The van der Waals surface area contributed by atoms with Crippen LogP contribution in [-0.4, -0.2) is 54.5 Å². The van der Waals surface area contributed by atoms with Crippen LogP contribution in [0.15, 0.2) is 40.4 Å². The van der Waals surface area contributed by atoms with Crippen molar-refractivity contribution in [2.75, 3.05) is 20.1 Å². The number of hydrogen-bond donors (Lipinski definition) is 2. The van der Waals surface area contributed by atoms with E-state index in [4.69, 9.17) is 15.2 Å². The second-order valence-electron chi connectivity index (χ2n) is 8.70. The summed E-state index contributed by atoms with van der Waals surface area (Å²) >= 11 is 0. The smallest absolute Gasteiger partial charge is 0.279 e. The van der Waals surface area contributed by atoms with Gasteiger partial charge < -0.3 is 25.5 Å². The summed E-state index contributed by atoms with van der Waals surface area (Å²) in [5.41, 5.74) is 8.66. The highest BCUT2D eigenvalue weighted by atomic mass is 19.1. The summed E-state index contributed by atoms with van der Waals surface area (Å²) < 4.78 is 26.7. The molecule has 0 atom stereocenters. The van der Waals surface area contributed by atoms with Crippen molar-refractivity contribution in [1.29, 1.82) is 0 Å². The highest BCUT2D eigenvalue weighted by Gasteiger charge is 2.34. The van der Waals surface area contributed by atoms with E-state index in [-0.39, 0.29) is 28.6 Å². The molecular formula is C24H26FN5O4. The van der Waals surface area contributed by atoms with Crippen molar-refractivity contribution in [1.82, 2.24) is 10.3 Å². The van der Waals surface area contributed by atoms with Crippen molar-refractivity contribution < 1.29 is 23.5 Å². The first-order chi connectivity index (χ1) is 16.2. The molecule has 10 heteroatoms. The second-order valence-corrected chi connectivity index (χ2v) is 8.70. The number of likely N-dealkylation sites (tertiary alicyclic amines) is 1. The standard InChI is InChI=1S/C24H26FN5O4/c1-24(2)12-17-19(9-14(10-20(17)34-24)22(31)29-21(26)13-28-27-3)33-15-5-6-16(18(25)11-15)23(32)30-7-4-8-30/h5-6,9-11,13,27H,4,7-8,12H2,1-3H3,(H2,26,29,31)/b28-13-. The number of nitrogens with zero attached hydrogens (tertiary/aromatic N) is 3. The molecule has 2 aliphatic rings. The lowest BCUT2D eigenvalue weighted by molar-refractivity contribution is 0.0646. The van der Waals surface area contributed by atoms with Crippen LogP contribution in [0, 0.1) is 5.82 Å². The zero-order valence-electron chi connectivity index (χ0n) is 19.2. The number of hydrazone groups is 1. The molecule has 3 N–H and O–H groups in total. The van der Waals surface area contributed by atoms with E-state index in [1.54, 1.807) is 18.0 Å². The van der Waals surface area contributed by atoms with Gasteiger partial charge in [0.2, 0.25) is 0 Å². The Bertz CT molecular complexity index is 1200. The lowest BCUT2D eigenvalue weighted by Crippen LogP contribution is -2.42. The number of amidine groups is 1. The van der Waals surface area contributed by atoms with Crippen LogP contribution >= 0.6 is 0 Å². The molecule has 9 nitrogen and oxygen atoms in total. The molecule has 2 aromatic carbocycles. The molecule has 34 heavy (non-hydrogen) atoms. The lowest BCUT2D eigenvalue weighted by atomic mass is 9.99. The number of amides is 2. The maximum atomic E-state index is 14.7. The number of carbonyl (C=O) groups excluding carboxylic acids is 2. The van der Waals surface area contributed by atoms with Crippen LogP contribution < -0.4 is 20.6 Å². The highest BCUT2D eigenvalue weighted by molar-refractivity contribution is 6.31. The molecule has 2 aromatic rings. The lowest BCUT2D eigenvalue weighted by Gasteiger charge is -2.31. The molecule has 2 amide bonds. The monoisotopic (exact) mass is 467 g/mol. The number of aliphatic imine (C=N–C) groups is 1. The van der Waals surface area contributed by atoms with Crippen molar-refractivity contribution in [2.24, 2.45) is 15.8 Å². The minimum absolute atomic E-state index is 0.00119. The zero-order valence-corrected chi connectivity index (χ0v) is 19.2. The Kier molecular flexibility index (Phi) is 6.23. The van der Waals surface area contributed by atoms with E-state index >= 15 is 0 Å². The molecule has 1 saturated heterocycles. The molecule has 0 saturated carbocycles. The van der Waals surface area contributed by atoms with Crippen molar-refractivity contribution >= 4 is 23.9 Å². The Balaban J connectivity index is 1.65. The van der Waals surface area contributed by atoms with Gasteiger partial charge in [-0.25, -0.2) is 4.39 Å². The summed E-state index contributed by atoms with van der Waals surface area (Å²) in [5, 5.41) is 3.72. The van der Waals surface area contributed by atoms with Gasteiger partial charge in [-0.2, -0.15) is 10.1 Å². The van der Waals surface area contributed by atoms with Crippen molar-refractivity contribution in [2.45, 2.75) is 32.3 Å². The first kappa shape index (κ1) is 23.2. The maximum Gasteiger partial charge on any atom is 0.279 e. The minimum Gasteiger partial charge on any atom is -0.487 e. The predicted octanol–water partition coefficient (Wildman–Crippen LogP) is 2.88. The third-order valence-electron chi connectivity index (χ3n) is 5.50. The average Bonchev–Trinajstić information content (AvgIpc) is 3.05. The van der Waals surface area contributed by atoms with Crippen LogP contribution in [0.3, 0.4) is 0 Å². The summed E-state index contributed by atoms with van der Waals surface area (Å²) in [7, 11) is 1.59. The number of halogens is 1. The zero-order chi connectivity index (χ0) is 24.5. The Morgan fingerprint density at radius 1 is 1.26 bits per heavy atom. The number of nitrogens with two attached hydrogens (primary N) is 1. The quantitative estimate of drug-likeness (QED) is 0.383. The molecule has 0 aromatic heterocycles. The maximum absolute atomic E-state index is 14.7. The fraction of sp³-hybridized carbons (Fsp3) is 0.333. The fourth-order valence-electron chi connectivity index (χ4n) is 3.75. The molecule has 0 radical (unpaired) electrons. The van der Waals surface area contributed by atoms with E-state index in [2.05, 4.69) is 15.5 Å². The molecule has 2 heterocycles. The van der Waals surface area contributed by atoms with Gasteiger partial charge in [-0.3, -0.25) is 9.59 Å². The van der Waals surface area contributed by atoms with Crippen LogP contribution in [0.4, 0.5) is 4.39 Å². The van der Waals surface area contributed by atoms with Gasteiger partial charge in [0.15, 0.2) is 0 Å². The van der Waals surface area contributed by atoms with Crippen molar-refractivity contribution in [3.63, 3.8) is 0 Å². The number of fused-ring (bicyclic) bond motifs is 1. The fourth-order valence-corrected chi connectivity index (χ4v) is 3.75. The van der Waals surface area contributed by atoms with Gasteiger partial charge in [-0.15, -0.1) is 0 Å². The van der Waals surface area contributed by atoms with E-state index in [1.807, 2.05) is 13.8 Å². The molecule has 0 spiro atoms. The molecule has 4 rings (SSSR count). The number of carbonyl (C=O) groups is 2. The van der Waals surface area contributed by atoms with E-state index in [0.717, 1.165) is 12.0 Å². The van der Waals surface area contributed by atoms with Crippen LogP contribution in [0.25, 0.3) is 0 Å². The Hall–Kier alpha value is -3.95. The summed E-state index contributed by atoms with van der Waals surface area (Å²) in [6.07, 6.45) is 2.67. The van der Waals surface area contributed by atoms with Crippen LogP contribution in [-0.2, 0) is 6.42 Å². The van der Waals surface area contributed by atoms with Gasteiger partial charge in [0.25, 0.3) is 11.8 Å². The average molecular weight is 468 g/mol. The topological polar surface area (TPSA) is 119 Å². The molecule has 1 fully saturated rings. The van der Waals surface area contributed by atoms with Gasteiger partial charge in [-0.1, -0.05) is 0 Å². The third kappa shape index (κ3) is 4.85. The van der Waals surface area contributed by atoms with E-state index in [9.17, 15) is 14.0 Å². The molecule has 0 bridgehead atoms. The number of ether oxygens (including phenoxy) is 2. The third-order valence-corrected chi connectivity index (χ3v) is 5.50. The Labute approximate surface area is 196 Å². The Morgan fingerprint density at radius 2 is 2.03 bits per heavy atom. The highest BCUT2D eigenvalue weighted by Crippen LogP contribution is 2.43. The predicted molar refractivity (Wildman–Crippen MR) is 125 cm³/mol. The van der Waals surface area contributed by atoms with E-state index in [1.165, 1.54) is 30.5 Å². The molecule has 0 unspecified atom stereocenters. The molecule has 178 valence electrons. The number of rotatable bonds is 6. The largest absolute Gasteiger partial charge is 0.487 e. The first-order valence-corrected chi connectivity index (χ1v) is 10.9. The van der Waals surface area contributed by atoms with Crippen LogP contribution in [0.1, 0.15) is 46.5 Å². The van der Waals surface area contributed by atoms with Gasteiger partial charge in [0.1, 0.15) is 34.5 Å². The molecule has 0 aliphatic carbocycles. The molecular weight excluding hydrogens is 441 g/mol. The van der Waals surface area contributed by atoms with Crippen LogP contribution in [0.2, 0.25) is 0 Å². The van der Waals surface area contributed by atoms with Crippen molar-refractivity contribution in [3.8, 4) is 17.2 Å². The van der Waals surface area contributed by atoms with E-state index < -0.39 is 17.3 Å². The van der Waals surface area contributed by atoms with Gasteiger partial charge >= 0.3 is 0 Å². The summed E-state index contributed by atoms with van der Waals surface area (Å²) in [5.74, 6) is -0.680. The Morgan fingerprint density at radius 3 is 2.68 bits per heavy atom. The van der Waals surface area contributed by atoms with Gasteiger partial charge in [-0.05, 0) is 44.5 Å². The SMILES string of the molecule is CN/N=C\C(N)=NC(=O)c1cc(Oc2ccc(C(=O)N3CCC3)c(F)c2)c2c(c1)OC(C)(C)C2. The van der Waals surface area contributed by atoms with Gasteiger partial charge in [0.05, 0.1) is 11.8 Å². The summed E-state index contributed by atoms with van der Waals surface area (Å²) in [6.45, 7) is 5.09.